The van der Waals surface area contributed by atoms with Crippen molar-refractivity contribution in [2.45, 2.75) is 18.6 Å². The van der Waals surface area contributed by atoms with Gasteiger partial charge in [-0.25, -0.2) is 15.4 Å². The van der Waals surface area contributed by atoms with Crippen molar-refractivity contribution >= 4 is 23.5 Å². The highest BCUT2D eigenvalue weighted by atomic mass is 16.5. The number of hydrogen-bond acceptors (Lipinski definition) is 7. The maximum absolute atomic E-state index is 12.7. The van der Waals surface area contributed by atoms with E-state index in [0.717, 1.165) is 5.56 Å². The van der Waals surface area contributed by atoms with Crippen molar-refractivity contribution in [3.63, 3.8) is 0 Å². The molecule has 0 bridgehead atoms. The van der Waals surface area contributed by atoms with Crippen molar-refractivity contribution in [3.05, 3.63) is 54.2 Å². The predicted molar refractivity (Wildman–Crippen MR) is 103 cm³/mol. The van der Waals surface area contributed by atoms with E-state index in [-0.39, 0.29) is 12.5 Å². The first kappa shape index (κ1) is 17.9. The number of hydrogen-bond donors (Lipinski definition) is 3. The molecule has 1 aromatic heterocycles. The van der Waals surface area contributed by atoms with Gasteiger partial charge in [0.2, 0.25) is 0 Å². The standard InChI is InChI=1S/C19H20N6O3/c1-25-17-14(8-5-9-20-17)28-11-13(19(25)27)21-18(26)16-22-15(23-24-16)10-12-6-3-2-4-7-12/h2-9,13,16,24H,10-11H2,1H3,(H,21,26)(H,22,23). The monoisotopic (exact) mass is 380 g/mol. The first-order valence-corrected chi connectivity index (χ1v) is 8.90. The van der Waals surface area contributed by atoms with E-state index in [4.69, 9.17) is 4.74 Å². The first-order valence-electron chi connectivity index (χ1n) is 8.90. The lowest BCUT2D eigenvalue weighted by atomic mass is 10.1. The van der Waals surface area contributed by atoms with Gasteiger partial charge >= 0.3 is 0 Å². The summed E-state index contributed by atoms with van der Waals surface area (Å²) in [6, 6.07) is 12.4. The van der Waals surface area contributed by atoms with Crippen LogP contribution in [0.5, 0.6) is 5.75 Å². The van der Waals surface area contributed by atoms with Gasteiger partial charge in [-0.3, -0.25) is 14.5 Å². The highest BCUT2D eigenvalue weighted by Gasteiger charge is 2.33. The molecule has 2 unspecified atom stereocenters. The summed E-state index contributed by atoms with van der Waals surface area (Å²) in [5.74, 6) is 0.866. The van der Waals surface area contributed by atoms with Crippen molar-refractivity contribution in [3.8, 4) is 5.75 Å². The van der Waals surface area contributed by atoms with Gasteiger partial charge in [0.15, 0.2) is 17.7 Å². The summed E-state index contributed by atoms with van der Waals surface area (Å²) in [5, 5.41) is 2.71. The summed E-state index contributed by atoms with van der Waals surface area (Å²) in [7, 11) is 1.60. The molecule has 0 radical (unpaired) electrons. The lowest BCUT2D eigenvalue weighted by Crippen LogP contribution is -2.54. The molecule has 4 rings (SSSR count). The van der Waals surface area contributed by atoms with E-state index in [9.17, 15) is 9.59 Å². The molecule has 1 aromatic carbocycles. The summed E-state index contributed by atoms with van der Waals surface area (Å²) < 4.78 is 5.65. The van der Waals surface area contributed by atoms with E-state index in [1.54, 1.807) is 25.4 Å². The molecule has 2 aliphatic rings. The summed E-state index contributed by atoms with van der Waals surface area (Å²) in [5.41, 5.74) is 6.83. The quantitative estimate of drug-likeness (QED) is 0.689. The van der Waals surface area contributed by atoms with E-state index < -0.39 is 18.1 Å². The Kier molecular flexibility index (Phi) is 4.90. The molecule has 0 spiro atoms. The summed E-state index contributed by atoms with van der Waals surface area (Å²) in [4.78, 5) is 35.2. The topological polar surface area (TPSA) is 108 Å². The number of aliphatic imine (C=N–C) groups is 1. The highest BCUT2D eigenvalue weighted by Crippen LogP contribution is 2.27. The SMILES string of the molecule is CN1C(=O)C(NC(=O)C2N=C(Cc3ccccc3)NN2)COc2cccnc21. The Bertz CT molecular complexity index is 917. The fourth-order valence-electron chi connectivity index (χ4n) is 3.06. The van der Waals surface area contributed by atoms with Crippen LogP contribution >= 0.6 is 0 Å². The molecule has 2 aliphatic heterocycles. The fourth-order valence-corrected chi connectivity index (χ4v) is 3.06. The Morgan fingerprint density at radius 2 is 2.11 bits per heavy atom. The minimum absolute atomic E-state index is 0.0222. The van der Waals surface area contributed by atoms with Crippen molar-refractivity contribution in [1.82, 2.24) is 21.2 Å². The third-order valence-electron chi connectivity index (χ3n) is 4.52. The Morgan fingerprint density at radius 1 is 1.29 bits per heavy atom. The van der Waals surface area contributed by atoms with Crippen LogP contribution in [0.4, 0.5) is 5.82 Å². The maximum atomic E-state index is 12.7. The molecular weight excluding hydrogens is 360 g/mol. The lowest BCUT2D eigenvalue weighted by molar-refractivity contribution is -0.129. The Hall–Kier alpha value is -3.46. The predicted octanol–water partition coefficient (Wildman–Crippen LogP) is -0.00330. The van der Waals surface area contributed by atoms with Gasteiger partial charge in [0.05, 0.1) is 0 Å². The zero-order valence-electron chi connectivity index (χ0n) is 15.3. The van der Waals surface area contributed by atoms with Crippen molar-refractivity contribution < 1.29 is 14.3 Å². The van der Waals surface area contributed by atoms with Crippen LogP contribution in [-0.2, 0) is 16.0 Å². The normalized spacial score (nSPS) is 21.1. The lowest BCUT2D eigenvalue weighted by Gasteiger charge is -2.20. The van der Waals surface area contributed by atoms with Crippen molar-refractivity contribution in [1.29, 1.82) is 0 Å². The molecule has 0 aliphatic carbocycles. The largest absolute Gasteiger partial charge is 0.487 e. The van der Waals surface area contributed by atoms with Crippen LogP contribution in [0.15, 0.2) is 53.7 Å². The minimum atomic E-state index is -0.832. The van der Waals surface area contributed by atoms with Crippen LogP contribution in [-0.4, -0.2) is 48.5 Å². The molecule has 9 heteroatoms. The zero-order chi connectivity index (χ0) is 19.5. The van der Waals surface area contributed by atoms with Gasteiger partial charge in [0.25, 0.3) is 11.8 Å². The summed E-state index contributed by atoms with van der Waals surface area (Å²) >= 11 is 0. The van der Waals surface area contributed by atoms with E-state index in [1.165, 1.54) is 4.90 Å². The molecule has 2 atom stereocenters. The number of rotatable bonds is 4. The van der Waals surface area contributed by atoms with Gasteiger partial charge in [-0.1, -0.05) is 30.3 Å². The molecule has 0 saturated heterocycles. The molecule has 9 nitrogen and oxygen atoms in total. The summed E-state index contributed by atoms with van der Waals surface area (Å²) in [6.07, 6.45) is 1.34. The number of nitrogens with zero attached hydrogens (tertiary/aromatic N) is 3. The number of hydrazine groups is 1. The third-order valence-corrected chi connectivity index (χ3v) is 4.52. The van der Waals surface area contributed by atoms with Gasteiger partial charge in [0.1, 0.15) is 18.5 Å². The van der Waals surface area contributed by atoms with Gasteiger partial charge in [-0.15, -0.1) is 0 Å². The van der Waals surface area contributed by atoms with Crippen LogP contribution < -0.4 is 25.8 Å². The number of amides is 2. The molecule has 144 valence electrons. The van der Waals surface area contributed by atoms with Crippen molar-refractivity contribution in [2.24, 2.45) is 4.99 Å². The molecular formula is C19H20N6O3. The number of benzene rings is 1. The molecule has 0 fully saturated rings. The van der Waals surface area contributed by atoms with E-state index in [1.807, 2.05) is 30.3 Å². The van der Waals surface area contributed by atoms with Crippen LogP contribution in [0.3, 0.4) is 0 Å². The number of fused-ring (bicyclic) bond motifs is 1. The van der Waals surface area contributed by atoms with Gasteiger partial charge in [0, 0.05) is 19.7 Å². The number of pyridine rings is 1. The Balaban J connectivity index is 1.41. The number of amidine groups is 1. The Labute approximate surface area is 161 Å². The molecule has 28 heavy (non-hydrogen) atoms. The van der Waals surface area contributed by atoms with Crippen LogP contribution in [0.25, 0.3) is 0 Å². The smallest absolute Gasteiger partial charge is 0.262 e. The van der Waals surface area contributed by atoms with E-state index in [0.29, 0.717) is 23.8 Å². The van der Waals surface area contributed by atoms with Crippen LogP contribution in [0, 0.1) is 0 Å². The number of carbonyl (C=O) groups is 2. The van der Waals surface area contributed by atoms with Crippen LogP contribution in [0.1, 0.15) is 5.56 Å². The number of nitrogens with one attached hydrogen (secondary N) is 3. The van der Waals surface area contributed by atoms with Crippen molar-refractivity contribution in [2.75, 3.05) is 18.6 Å². The Morgan fingerprint density at radius 3 is 2.93 bits per heavy atom. The summed E-state index contributed by atoms with van der Waals surface area (Å²) in [6.45, 7) is 0.0222. The molecule has 2 aromatic rings. The van der Waals surface area contributed by atoms with E-state index in [2.05, 4.69) is 26.1 Å². The van der Waals surface area contributed by atoms with Gasteiger partial charge in [-0.05, 0) is 17.7 Å². The minimum Gasteiger partial charge on any atom is -0.487 e. The molecule has 2 amide bonds. The molecule has 3 heterocycles. The number of carbonyl (C=O) groups excluding carboxylic acids is 2. The number of anilines is 1. The first-order chi connectivity index (χ1) is 13.6. The second-order valence-electron chi connectivity index (χ2n) is 6.50. The van der Waals surface area contributed by atoms with E-state index >= 15 is 0 Å². The second-order valence-corrected chi connectivity index (χ2v) is 6.50. The average Bonchev–Trinajstić information content (AvgIpc) is 3.15. The number of ether oxygens (including phenoxy) is 1. The number of likely N-dealkylation sites (N-methyl/N-ethyl adjacent to an activating group) is 1. The van der Waals surface area contributed by atoms with Gasteiger partial charge in [-0.2, -0.15) is 0 Å². The molecule has 0 saturated carbocycles. The zero-order valence-corrected chi connectivity index (χ0v) is 15.3. The third kappa shape index (κ3) is 3.65. The second kappa shape index (κ2) is 7.65. The maximum Gasteiger partial charge on any atom is 0.262 e. The van der Waals surface area contributed by atoms with Crippen LogP contribution in [0.2, 0.25) is 0 Å². The highest BCUT2D eigenvalue weighted by molar-refractivity contribution is 6.01. The fraction of sp³-hybridized carbons (Fsp3) is 0.263. The number of aromatic nitrogens is 1. The van der Waals surface area contributed by atoms with Gasteiger partial charge < -0.3 is 15.5 Å². The molecule has 3 N–H and O–H groups in total. The average molecular weight is 380 g/mol.